The average molecular weight is 275 g/mol. The Morgan fingerprint density at radius 2 is 2.16 bits per heavy atom. The normalized spacial score (nSPS) is 26.8. The molecular formula is C13H20F3N3. The van der Waals surface area contributed by atoms with Crippen molar-refractivity contribution in [2.45, 2.75) is 51.9 Å². The van der Waals surface area contributed by atoms with Gasteiger partial charge in [-0.15, -0.1) is 0 Å². The first-order valence-electron chi connectivity index (χ1n) is 6.61. The molecule has 1 heterocycles. The summed E-state index contributed by atoms with van der Waals surface area (Å²) in [6.45, 7) is 7.11. The second-order valence-electron chi connectivity index (χ2n) is 5.81. The lowest BCUT2D eigenvalue weighted by molar-refractivity contribution is -0.141. The molecule has 1 N–H and O–H groups in total. The van der Waals surface area contributed by atoms with Crippen molar-refractivity contribution in [1.29, 1.82) is 0 Å². The fraction of sp³-hybridized carbons (Fsp3) is 0.769. The molecular weight excluding hydrogens is 255 g/mol. The van der Waals surface area contributed by atoms with E-state index in [2.05, 4.69) is 24.3 Å². The molecule has 1 fully saturated rings. The Kier molecular flexibility index (Phi) is 3.64. The second-order valence-corrected chi connectivity index (χ2v) is 5.81. The van der Waals surface area contributed by atoms with E-state index in [1.165, 1.54) is 10.9 Å². The first-order chi connectivity index (χ1) is 8.75. The molecule has 6 heteroatoms. The molecule has 0 radical (unpaired) electrons. The lowest BCUT2D eigenvalue weighted by Crippen LogP contribution is -2.42. The monoisotopic (exact) mass is 275 g/mol. The molecule has 0 amide bonds. The summed E-state index contributed by atoms with van der Waals surface area (Å²) < 4.78 is 39.3. The maximum absolute atomic E-state index is 12.6. The third kappa shape index (κ3) is 2.78. The highest BCUT2D eigenvalue weighted by Gasteiger charge is 2.43. The van der Waals surface area contributed by atoms with Crippen LogP contribution in [0, 0.1) is 5.41 Å². The van der Waals surface area contributed by atoms with Gasteiger partial charge >= 0.3 is 6.18 Å². The Morgan fingerprint density at radius 3 is 2.68 bits per heavy atom. The van der Waals surface area contributed by atoms with Crippen molar-refractivity contribution in [1.82, 2.24) is 15.1 Å². The van der Waals surface area contributed by atoms with Crippen molar-refractivity contribution in [2.75, 3.05) is 6.54 Å². The van der Waals surface area contributed by atoms with Crippen LogP contribution in [-0.2, 0) is 6.18 Å². The van der Waals surface area contributed by atoms with Gasteiger partial charge in [-0.05, 0) is 30.9 Å². The van der Waals surface area contributed by atoms with E-state index in [4.69, 9.17) is 0 Å². The van der Waals surface area contributed by atoms with E-state index in [0.717, 1.165) is 25.5 Å². The van der Waals surface area contributed by atoms with Gasteiger partial charge < -0.3 is 5.32 Å². The molecule has 2 rings (SSSR count). The molecule has 1 aliphatic carbocycles. The van der Waals surface area contributed by atoms with E-state index < -0.39 is 11.9 Å². The largest absolute Gasteiger partial charge is 0.435 e. The minimum atomic E-state index is -4.37. The van der Waals surface area contributed by atoms with Gasteiger partial charge in [-0.25, -0.2) is 0 Å². The standard InChI is InChI=1S/C13H20F3N3/c1-4-17-11-9(5-7-12(11,2)3)19-8-6-10(18-19)13(14,15)16/h6,8-9,11,17H,4-5,7H2,1-3H3. The zero-order valence-corrected chi connectivity index (χ0v) is 11.5. The fourth-order valence-electron chi connectivity index (χ4n) is 2.95. The number of nitrogens with one attached hydrogen (secondary N) is 1. The van der Waals surface area contributed by atoms with E-state index in [1.807, 2.05) is 6.92 Å². The predicted octanol–water partition coefficient (Wildman–Crippen LogP) is 3.24. The Morgan fingerprint density at radius 1 is 1.47 bits per heavy atom. The van der Waals surface area contributed by atoms with Crippen molar-refractivity contribution in [2.24, 2.45) is 5.41 Å². The molecule has 3 nitrogen and oxygen atoms in total. The molecule has 0 aliphatic heterocycles. The first kappa shape index (κ1) is 14.4. The van der Waals surface area contributed by atoms with Crippen molar-refractivity contribution in [3.8, 4) is 0 Å². The zero-order valence-electron chi connectivity index (χ0n) is 11.5. The maximum atomic E-state index is 12.6. The molecule has 0 aromatic carbocycles. The summed E-state index contributed by atoms with van der Waals surface area (Å²) in [7, 11) is 0. The number of halogens is 3. The van der Waals surface area contributed by atoms with Crippen LogP contribution in [0.2, 0.25) is 0 Å². The van der Waals surface area contributed by atoms with Crippen LogP contribution in [0.4, 0.5) is 13.2 Å². The van der Waals surface area contributed by atoms with Crippen molar-refractivity contribution in [3.05, 3.63) is 18.0 Å². The Labute approximate surface area is 111 Å². The number of aromatic nitrogens is 2. The van der Waals surface area contributed by atoms with Crippen LogP contribution in [0.25, 0.3) is 0 Å². The summed E-state index contributed by atoms with van der Waals surface area (Å²) in [5.41, 5.74) is -0.738. The topological polar surface area (TPSA) is 29.9 Å². The first-order valence-corrected chi connectivity index (χ1v) is 6.61. The molecule has 1 aliphatic rings. The van der Waals surface area contributed by atoms with Gasteiger partial charge in [0.25, 0.3) is 0 Å². The molecule has 2 atom stereocenters. The van der Waals surface area contributed by atoms with Gasteiger partial charge in [0.2, 0.25) is 0 Å². The molecule has 108 valence electrons. The van der Waals surface area contributed by atoms with Gasteiger partial charge in [-0.1, -0.05) is 20.8 Å². The summed E-state index contributed by atoms with van der Waals surface area (Å²) >= 11 is 0. The zero-order chi connectivity index (χ0) is 14.3. The Balaban J connectivity index is 2.24. The third-order valence-electron chi connectivity index (χ3n) is 3.97. The van der Waals surface area contributed by atoms with E-state index in [-0.39, 0.29) is 17.5 Å². The van der Waals surface area contributed by atoms with Crippen LogP contribution in [0.15, 0.2) is 12.3 Å². The molecule has 0 bridgehead atoms. The SMILES string of the molecule is CCNC1C(n2ccc(C(F)(F)F)n2)CCC1(C)C. The molecule has 1 saturated carbocycles. The van der Waals surface area contributed by atoms with Gasteiger partial charge in [0.1, 0.15) is 0 Å². The van der Waals surface area contributed by atoms with Crippen LogP contribution in [0.1, 0.15) is 45.3 Å². The smallest absolute Gasteiger partial charge is 0.312 e. The average Bonchev–Trinajstić information content (AvgIpc) is 2.85. The molecule has 19 heavy (non-hydrogen) atoms. The summed E-state index contributed by atoms with van der Waals surface area (Å²) in [5, 5.41) is 7.10. The van der Waals surface area contributed by atoms with Crippen LogP contribution in [0.3, 0.4) is 0 Å². The molecule has 0 saturated heterocycles. The summed E-state index contributed by atoms with van der Waals surface area (Å²) in [6.07, 6.45) is -1.09. The molecule has 0 spiro atoms. The number of hydrogen-bond donors (Lipinski definition) is 1. The summed E-state index contributed by atoms with van der Waals surface area (Å²) in [4.78, 5) is 0. The summed E-state index contributed by atoms with van der Waals surface area (Å²) in [5.74, 6) is 0. The fourth-order valence-corrected chi connectivity index (χ4v) is 2.95. The number of rotatable bonds is 3. The maximum Gasteiger partial charge on any atom is 0.435 e. The van der Waals surface area contributed by atoms with Crippen molar-refractivity contribution in [3.63, 3.8) is 0 Å². The molecule has 2 unspecified atom stereocenters. The van der Waals surface area contributed by atoms with Crippen LogP contribution < -0.4 is 5.32 Å². The summed E-state index contributed by atoms with van der Waals surface area (Å²) in [6, 6.07) is 1.19. The number of alkyl halides is 3. The predicted molar refractivity (Wildman–Crippen MR) is 66.7 cm³/mol. The van der Waals surface area contributed by atoms with Crippen LogP contribution in [0.5, 0.6) is 0 Å². The minimum Gasteiger partial charge on any atom is -0.312 e. The highest BCUT2D eigenvalue weighted by molar-refractivity contribution is 5.07. The van der Waals surface area contributed by atoms with Crippen LogP contribution in [-0.4, -0.2) is 22.4 Å². The van der Waals surface area contributed by atoms with Crippen molar-refractivity contribution >= 4 is 0 Å². The van der Waals surface area contributed by atoms with E-state index in [9.17, 15) is 13.2 Å². The van der Waals surface area contributed by atoms with Gasteiger partial charge in [-0.3, -0.25) is 4.68 Å². The third-order valence-corrected chi connectivity index (χ3v) is 3.97. The quantitative estimate of drug-likeness (QED) is 0.917. The van der Waals surface area contributed by atoms with Gasteiger partial charge in [0, 0.05) is 12.2 Å². The Hall–Kier alpha value is -1.04. The lowest BCUT2D eigenvalue weighted by Gasteiger charge is -2.31. The van der Waals surface area contributed by atoms with Gasteiger partial charge in [0.15, 0.2) is 5.69 Å². The number of hydrogen-bond acceptors (Lipinski definition) is 2. The highest BCUT2D eigenvalue weighted by atomic mass is 19.4. The van der Waals surface area contributed by atoms with E-state index >= 15 is 0 Å². The lowest BCUT2D eigenvalue weighted by atomic mass is 9.86. The molecule has 1 aromatic rings. The second kappa shape index (κ2) is 4.81. The van der Waals surface area contributed by atoms with E-state index in [0.29, 0.717) is 0 Å². The highest BCUT2D eigenvalue weighted by Crippen LogP contribution is 2.44. The van der Waals surface area contributed by atoms with Crippen LogP contribution >= 0.6 is 0 Å². The number of nitrogens with zero attached hydrogens (tertiary/aromatic N) is 2. The van der Waals surface area contributed by atoms with E-state index in [1.54, 1.807) is 0 Å². The van der Waals surface area contributed by atoms with Gasteiger partial charge in [-0.2, -0.15) is 18.3 Å². The number of likely N-dealkylation sites (N-methyl/N-ethyl adjacent to an activating group) is 1. The van der Waals surface area contributed by atoms with Crippen molar-refractivity contribution < 1.29 is 13.2 Å². The Bertz CT molecular complexity index is 437. The molecule has 1 aromatic heterocycles. The van der Waals surface area contributed by atoms with Gasteiger partial charge in [0.05, 0.1) is 6.04 Å². The minimum absolute atomic E-state index is 0.00829.